The van der Waals surface area contributed by atoms with Gasteiger partial charge in [0.15, 0.2) is 0 Å². The van der Waals surface area contributed by atoms with Crippen LogP contribution in [0.5, 0.6) is 0 Å². The number of hydrogen-bond donors (Lipinski definition) is 1. The fourth-order valence-electron chi connectivity index (χ4n) is 3.20. The van der Waals surface area contributed by atoms with Gasteiger partial charge in [-0.15, -0.1) is 0 Å². The Kier molecular flexibility index (Phi) is 4.35. The minimum atomic E-state index is -0.00875. The van der Waals surface area contributed by atoms with Gasteiger partial charge in [-0.3, -0.25) is 9.48 Å². The first-order chi connectivity index (χ1) is 9.45. The second kappa shape index (κ2) is 5.85. The van der Waals surface area contributed by atoms with Gasteiger partial charge in [-0.05, 0) is 38.5 Å². The fourth-order valence-corrected chi connectivity index (χ4v) is 3.20. The van der Waals surface area contributed by atoms with Gasteiger partial charge < -0.3 is 10.6 Å². The molecule has 1 amide bonds. The molecule has 1 fully saturated rings. The molecule has 1 saturated carbocycles. The van der Waals surface area contributed by atoms with Crippen molar-refractivity contribution in [3.63, 3.8) is 0 Å². The predicted molar refractivity (Wildman–Crippen MR) is 80.5 cm³/mol. The van der Waals surface area contributed by atoms with Gasteiger partial charge in [-0.25, -0.2) is 0 Å². The molecule has 0 saturated heterocycles. The first-order valence-electron chi connectivity index (χ1n) is 7.51. The molecule has 5 heteroatoms. The highest BCUT2D eigenvalue weighted by Crippen LogP contribution is 2.30. The number of carbonyl (C=O) groups is 1. The van der Waals surface area contributed by atoms with Crippen LogP contribution < -0.4 is 5.73 Å². The highest BCUT2D eigenvalue weighted by atomic mass is 16.2. The van der Waals surface area contributed by atoms with E-state index in [1.165, 1.54) is 19.3 Å². The molecule has 20 heavy (non-hydrogen) atoms. The summed E-state index contributed by atoms with van der Waals surface area (Å²) in [5, 5.41) is 4.23. The molecular weight excluding hydrogens is 252 g/mol. The smallest absolute Gasteiger partial charge is 0.274 e. The Balaban J connectivity index is 2.09. The Morgan fingerprint density at radius 3 is 2.45 bits per heavy atom. The monoisotopic (exact) mass is 278 g/mol. The SMILES string of the molecule is CCC1CCC(N(C)C(=O)c2c(N)c(C)nn2C)CC1. The average molecular weight is 278 g/mol. The highest BCUT2D eigenvalue weighted by Gasteiger charge is 2.29. The number of nitrogens with two attached hydrogens (primary N) is 1. The summed E-state index contributed by atoms with van der Waals surface area (Å²) in [5.74, 6) is 0.823. The number of carbonyl (C=O) groups excluding carboxylic acids is 1. The molecule has 2 N–H and O–H groups in total. The van der Waals surface area contributed by atoms with E-state index in [2.05, 4.69) is 12.0 Å². The van der Waals surface area contributed by atoms with Gasteiger partial charge in [0.1, 0.15) is 5.69 Å². The summed E-state index contributed by atoms with van der Waals surface area (Å²) in [6.07, 6.45) is 5.88. The molecule has 5 nitrogen and oxygen atoms in total. The number of aryl methyl sites for hydroxylation is 2. The van der Waals surface area contributed by atoms with Crippen LogP contribution in [-0.4, -0.2) is 33.7 Å². The number of hydrogen-bond acceptors (Lipinski definition) is 3. The van der Waals surface area contributed by atoms with E-state index in [1.807, 2.05) is 18.9 Å². The van der Waals surface area contributed by atoms with Crippen molar-refractivity contribution in [1.29, 1.82) is 0 Å². The van der Waals surface area contributed by atoms with Crippen LogP contribution in [0.3, 0.4) is 0 Å². The Bertz CT molecular complexity index is 486. The second-order valence-corrected chi connectivity index (χ2v) is 5.97. The molecule has 0 radical (unpaired) electrons. The number of amides is 1. The van der Waals surface area contributed by atoms with E-state index in [4.69, 9.17) is 5.73 Å². The summed E-state index contributed by atoms with van der Waals surface area (Å²) in [7, 11) is 3.67. The standard InChI is InChI=1S/C15H26N4O/c1-5-11-6-8-12(9-7-11)18(3)15(20)14-13(16)10(2)17-19(14)4/h11-12H,5-9,16H2,1-4H3. The summed E-state index contributed by atoms with van der Waals surface area (Å²) in [4.78, 5) is 14.5. The van der Waals surface area contributed by atoms with Gasteiger partial charge in [-0.2, -0.15) is 5.10 Å². The maximum absolute atomic E-state index is 12.6. The van der Waals surface area contributed by atoms with E-state index in [-0.39, 0.29) is 5.91 Å². The molecule has 2 rings (SSSR count). The normalized spacial score (nSPS) is 22.8. The highest BCUT2D eigenvalue weighted by molar-refractivity contribution is 5.98. The molecule has 112 valence electrons. The lowest BCUT2D eigenvalue weighted by Gasteiger charge is -2.34. The lowest BCUT2D eigenvalue weighted by Crippen LogP contribution is -2.40. The van der Waals surface area contributed by atoms with Crippen LogP contribution in [0.15, 0.2) is 0 Å². The molecule has 0 spiro atoms. The van der Waals surface area contributed by atoms with Crippen LogP contribution in [0.1, 0.15) is 55.2 Å². The summed E-state index contributed by atoms with van der Waals surface area (Å²) >= 11 is 0. The Morgan fingerprint density at radius 2 is 2.00 bits per heavy atom. The Morgan fingerprint density at radius 1 is 1.40 bits per heavy atom. The van der Waals surface area contributed by atoms with Crippen molar-refractivity contribution in [3.8, 4) is 0 Å². The second-order valence-electron chi connectivity index (χ2n) is 5.97. The maximum atomic E-state index is 12.6. The zero-order chi connectivity index (χ0) is 14.9. The van der Waals surface area contributed by atoms with Gasteiger partial charge in [-0.1, -0.05) is 13.3 Å². The maximum Gasteiger partial charge on any atom is 0.274 e. The van der Waals surface area contributed by atoms with Gasteiger partial charge >= 0.3 is 0 Å². The molecule has 0 aliphatic heterocycles. The van der Waals surface area contributed by atoms with Crippen LogP contribution in [-0.2, 0) is 7.05 Å². The zero-order valence-electron chi connectivity index (χ0n) is 13.0. The van der Waals surface area contributed by atoms with E-state index < -0.39 is 0 Å². The van der Waals surface area contributed by atoms with Gasteiger partial charge in [0.2, 0.25) is 0 Å². The Hall–Kier alpha value is -1.52. The molecule has 1 aromatic rings. The predicted octanol–water partition coefficient (Wildman–Crippen LogP) is 2.35. The van der Waals surface area contributed by atoms with Crippen molar-refractivity contribution in [2.75, 3.05) is 12.8 Å². The van der Waals surface area contributed by atoms with Crippen molar-refractivity contribution in [2.45, 2.75) is 52.0 Å². The molecule has 0 atom stereocenters. The average Bonchev–Trinajstić information content (AvgIpc) is 2.71. The first kappa shape index (κ1) is 14.9. The van der Waals surface area contributed by atoms with Gasteiger partial charge in [0, 0.05) is 20.1 Å². The molecule has 1 heterocycles. The van der Waals surface area contributed by atoms with Crippen LogP contribution in [0.4, 0.5) is 5.69 Å². The zero-order valence-corrected chi connectivity index (χ0v) is 13.0. The molecule has 0 aromatic carbocycles. The van der Waals surface area contributed by atoms with Gasteiger partial charge in [0.05, 0.1) is 11.4 Å². The number of nitrogens with zero attached hydrogens (tertiary/aromatic N) is 3. The van der Waals surface area contributed by atoms with E-state index in [9.17, 15) is 4.79 Å². The van der Waals surface area contributed by atoms with Crippen molar-refractivity contribution in [2.24, 2.45) is 13.0 Å². The van der Waals surface area contributed by atoms with Gasteiger partial charge in [0.25, 0.3) is 5.91 Å². The summed E-state index contributed by atoms with van der Waals surface area (Å²) < 4.78 is 1.60. The largest absolute Gasteiger partial charge is 0.395 e. The van der Waals surface area contributed by atoms with E-state index >= 15 is 0 Å². The topological polar surface area (TPSA) is 64.2 Å². The van der Waals surface area contributed by atoms with E-state index in [0.29, 0.717) is 17.4 Å². The summed E-state index contributed by atoms with van der Waals surface area (Å²) in [6, 6.07) is 0.333. The Labute approximate surface area is 121 Å². The van der Waals surface area contributed by atoms with Crippen molar-refractivity contribution < 1.29 is 4.79 Å². The van der Waals surface area contributed by atoms with Crippen molar-refractivity contribution in [1.82, 2.24) is 14.7 Å². The van der Waals surface area contributed by atoms with Crippen LogP contribution in [0.2, 0.25) is 0 Å². The fraction of sp³-hybridized carbons (Fsp3) is 0.733. The molecule has 1 aliphatic rings. The van der Waals surface area contributed by atoms with Crippen molar-refractivity contribution in [3.05, 3.63) is 11.4 Å². The molecule has 0 bridgehead atoms. The first-order valence-corrected chi connectivity index (χ1v) is 7.51. The number of anilines is 1. The molecule has 1 aliphatic carbocycles. The van der Waals surface area contributed by atoms with Crippen LogP contribution in [0, 0.1) is 12.8 Å². The summed E-state index contributed by atoms with van der Waals surface area (Å²) in [6.45, 7) is 4.08. The lowest BCUT2D eigenvalue weighted by atomic mass is 9.84. The molecular formula is C15H26N4O. The minimum absolute atomic E-state index is 0.00875. The minimum Gasteiger partial charge on any atom is -0.395 e. The quantitative estimate of drug-likeness (QED) is 0.923. The van der Waals surface area contributed by atoms with E-state index in [0.717, 1.165) is 24.5 Å². The van der Waals surface area contributed by atoms with Crippen molar-refractivity contribution >= 4 is 11.6 Å². The third kappa shape index (κ3) is 2.67. The third-order valence-corrected chi connectivity index (χ3v) is 4.73. The number of rotatable bonds is 3. The third-order valence-electron chi connectivity index (χ3n) is 4.73. The lowest BCUT2D eigenvalue weighted by molar-refractivity contribution is 0.0665. The van der Waals surface area contributed by atoms with E-state index in [1.54, 1.807) is 11.7 Å². The summed E-state index contributed by atoms with van der Waals surface area (Å²) in [5.41, 5.74) is 7.73. The number of nitrogen functional groups attached to an aromatic ring is 1. The molecule has 0 unspecified atom stereocenters. The van der Waals surface area contributed by atoms with Crippen LogP contribution in [0.25, 0.3) is 0 Å². The van der Waals surface area contributed by atoms with Crippen LogP contribution >= 0.6 is 0 Å². The number of aromatic nitrogens is 2. The molecule has 1 aromatic heterocycles.